The molecule has 1 atom stereocenters. The average Bonchev–Trinajstić information content (AvgIpc) is 2.06. The zero-order valence-electron chi connectivity index (χ0n) is 11.0. The Bertz CT molecular complexity index is 330. The monoisotopic (exact) mass is 259 g/mol. The molecular formula is C12H21NO5. The lowest BCUT2D eigenvalue weighted by molar-refractivity contribution is -0.141. The maximum atomic E-state index is 11.7. The molecule has 1 saturated carbocycles. The molecule has 1 amide bonds. The molecule has 6 nitrogen and oxygen atoms in total. The fourth-order valence-corrected chi connectivity index (χ4v) is 1.97. The maximum absolute atomic E-state index is 11.7. The van der Waals surface area contributed by atoms with Gasteiger partial charge in [0.15, 0.2) is 0 Å². The van der Waals surface area contributed by atoms with Crippen LogP contribution in [0.2, 0.25) is 0 Å². The van der Waals surface area contributed by atoms with Gasteiger partial charge in [-0.05, 0) is 40.0 Å². The van der Waals surface area contributed by atoms with Crippen molar-refractivity contribution in [1.29, 1.82) is 0 Å². The minimum Gasteiger partial charge on any atom is -0.481 e. The van der Waals surface area contributed by atoms with Gasteiger partial charge >= 0.3 is 12.1 Å². The van der Waals surface area contributed by atoms with Gasteiger partial charge in [-0.3, -0.25) is 4.79 Å². The first-order valence-electron chi connectivity index (χ1n) is 6.06. The molecule has 0 bridgehead atoms. The predicted octanol–water partition coefficient (Wildman–Crippen LogP) is 1.27. The fraction of sp³-hybridized carbons (Fsp3) is 0.833. The summed E-state index contributed by atoms with van der Waals surface area (Å²) in [5.41, 5.74) is -1.46. The molecular weight excluding hydrogens is 238 g/mol. The van der Waals surface area contributed by atoms with Crippen molar-refractivity contribution in [3.8, 4) is 0 Å². The van der Waals surface area contributed by atoms with Crippen LogP contribution in [0.1, 0.15) is 46.5 Å². The lowest BCUT2D eigenvalue weighted by Crippen LogP contribution is -2.62. The van der Waals surface area contributed by atoms with Gasteiger partial charge in [-0.1, -0.05) is 0 Å². The summed E-state index contributed by atoms with van der Waals surface area (Å²) < 4.78 is 5.12. The number of carboxylic acid groups (broad SMARTS) is 1. The molecule has 1 fully saturated rings. The van der Waals surface area contributed by atoms with Crippen LogP contribution in [0.5, 0.6) is 0 Å². The number of rotatable bonds is 4. The van der Waals surface area contributed by atoms with Gasteiger partial charge in [0.05, 0.1) is 18.1 Å². The van der Waals surface area contributed by atoms with Gasteiger partial charge in [-0.15, -0.1) is 0 Å². The summed E-state index contributed by atoms with van der Waals surface area (Å²) in [6, 6.07) is 0. The summed E-state index contributed by atoms with van der Waals surface area (Å²) in [6.07, 6.45) is -0.0909. The van der Waals surface area contributed by atoms with Crippen LogP contribution in [0.15, 0.2) is 0 Å². The van der Waals surface area contributed by atoms with Crippen molar-refractivity contribution in [3.63, 3.8) is 0 Å². The minimum atomic E-state index is -1.09. The van der Waals surface area contributed by atoms with E-state index in [0.29, 0.717) is 12.8 Å². The van der Waals surface area contributed by atoms with Crippen molar-refractivity contribution in [2.45, 2.75) is 63.7 Å². The number of nitrogens with one attached hydrogen (secondary N) is 1. The Balaban J connectivity index is 2.60. The second-order valence-electron chi connectivity index (χ2n) is 5.75. The number of aliphatic hydroxyl groups excluding tert-OH is 1. The number of ether oxygens (including phenoxy) is 1. The van der Waals surface area contributed by atoms with Gasteiger partial charge in [0.25, 0.3) is 0 Å². The van der Waals surface area contributed by atoms with Crippen LogP contribution in [0.3, 0.4) is 0 Å². The average molecular weight is 259 g/mol. The molecule has 18 heavy (non-hydrogen) atoms. The lowest BCUT2D eigenvalue weighted by Gasteiger charge is -2.45. The van der Waals surface area contributed by atoms with Crippen molar-refractivity contribution in [3.05, 3.63) is 0 Å². The Morgan fingerprint density at radius 3 is 2.28 bits per heavy atom. The van der Waals surface area contributed by atoms with Crippen LogP contribution in [0, 0.1) is 0 Å². The maximum Gasteiger partial charge on any atom is 0.408 e. The first-order valence-corrected chi connectivity index (χ1v) is 6.06. The number of carbonyl (C=O) groups is 2. The standard InChI is InChI=1S/C12H21NO5/c1-11(2,3)18-10(17)13-12(5-4-6-12)8(14)7-9(15)16/h8,14H,4-7H2,1-3H3,(H,13,17)(H,15,16). The summed E-state index contributed by atoms with van der Waals surface area (Å²) in [5.74, 6) is -1.08. The Kier molecular flexibility index (Phi) is 4.21. The molecule has 0 aliphatic heterocycles. The number of aliphatic hydroxyl groups is 1. The third-order valence-electron chi connectivity index (χ3n) is 3.00. The highest BCUT2D eigenvalue weighted by molar-refractivity contribution is 5.70. The van der Waals surface area contributed by atoms with Gasteiger partial charge in [-0.2, -0.15) is 0 Å². The van der Waals surface area contributed by atoms with Gasteiger partial charge in [0.1, 0.15) is 5.60 Å². The van der Waals surface area contributed by atoms with Crippen molar-refractivity contribution < 1.29 is 24.5 Å². The van der Waals surface area contributed by atoms with Crippen molar-refractivity contribution >= 4 is 12.1 Å². The molecule has 0 spiro atoms. The highest BCUT2D eigenvalue weighted by Crippen LogP contribution is 2.36. The van der Waals surface area contributed by atoms with Crippen LogP contribution in [0.25, 0.3) is 0 Å². The zero-order valence-corrected chi connectivity index (χ0v) is 11.0. The van der Waals surface area contributed by atoms with Crippen LogP contribution in [-0.2, 0) is 9.53 Å². The summed E-state index contributed by atoms with van der Waals surface area (Å²) in [6.45, 7) is 5.23. The van der Waals surface area contributed by atoms with Gasteiger partial charge in [0, 0.05) is 0 Å². The Morgan fingerprint density at radius 1 is 1.39 bits per heavy atom. The van der Waals surface area contributed by atoms with Gasteiger partial charge in [0.2, 0.25) is 0 Å². The molecule has 1 aliphatic carbocycles. The fourth-order valence-electron chi connectivity index (χ4n) is 1.97. The number of aliphatic carboxylic acids is 1. The third-order valence-corrected chi connectivity index (χ3v) is 3.00. The van der Waals surface area contributed by atoms with E-state index in [0.717, 1.165) is 6.42 Å². The van der Waals surface area contributed by atoms with Crippen LogP contribution in [0.4, 0.5) is 4.79 Å². The topological polar surface area (TPSA) is 95.9 Å². The number of hydrogen-bond acceptors (Lipinski definition) is 4. The predicted molar refractivity (Wildman–Crippen MR) is 64.2 cm³/mol. The molecule has 104 valence electrons. The largest absolute Gasteiger partial charge is 0.481 e. The molecule has 0 aromatic heterocycles. The van der Waals surface area contributed by atoms with E-state index in [2.05, 4.69) is 5.32 Å². The Hall–Kier alpha value is -1.30. The molecule has 1 aliphatic rings. The van der Waals surface area contributed by atoms with Gasteiger partial charge in [-0.25, -0.2) is 4.79 Å². The SMILES string of the molecule is CC(C)(C)OC(=O)NC1(C(O)CC(=O)O)CCC1. The Morgan fingerprint density at radius 2 is 1.94 bits per heavy atom. The minimum absolute atomic E-state index is 0.379. The molecule has 6 heteroatoms. The van der Waals surface area contributed by atoms with E-state index < -0.39 is 29.3 Å². The number of alkyl carbamates (subject to hydrolysis) is 1. The number of hydrogen-bond donors (Lipinski definition) is 3. The van der Waals surface area contributed by atoms with Gasteiger partial charge < -0.3 is 20.3 Å². The van der Waals surface area contributed by atoms with Crippen molar-refractivity contribution in [1.82, 2.24) is 5.32 Å². The van der Waals surface area contributed by atoms with E-state index in [-0.39, 0.29) is 6.42 Å². The summed E-state index contributed by atoms with van der Waals surface area (Å²) in [7, 11) is 0. The summed E-state index contributed by atoms with van der Waals surface area (Å²) in [4.78, 5) is 22.3. The van der Waals surface area contributed by atoms with Crippen LogP contribution < -0.4 is 5.32 Å². The first-order chi connectivity index (χ1) is 8.15. The number of amides is 1. The molecule has 0 radical (unpaired) electrons. The molecule has 1 unspecified atom stereocenters. The highest BCUT2D eigenvalue weighted by Gasteiger charge is 2.46. The van der Waals surface area contributed by atoms with E-state index in [4.69, 9.17) is 9.84 Å². The second kappa shape index (κ2) is 5.14. The van der Waals surface area contributed by atoms with E-state index in [1.54, 1.807) is 20.8 Å². The number of carbonyl (C=O) groups excluding carboxylic acids is 1. The Labute approximate surface area is 106 Å². The van der Waals surface area contributed by atoms with Crippen LogP contribution >= 0.6 is 0 Å². The molecule has 3 N–H and O–H groups in total. The van der Waals surface area contributed by atoms with Crippen molar-refractivity contribution in [2.24, 2.45) is 0 Å². The zero-order chi connectivity index (χ0) is 14.0. The molecule has 0 aromatic carbocycles. The third kappa shape index (κ3) is 3.87. The van der Waals surface area contributed by atoms with E-state index in [1.165, 1.54) is 0 Å². The normalized spacial score (nSPS) is 19.6. The quantitative estimate of drug-likeness (QED) is 0.706. The van der Waals surface area contributed by atoms with E-state index >= 15 is 0 Å². The first kappa shape index (κ1) is 14.8. The summed E-state index contributed by atoms with van der Waals surface area (Å²) in [5, 5.41) is 21.2. The summed E-state index contributed by atoms with van der Waals surface area (Å²) >= 11 is 0. The number of carboxylic acids is 1. The lowest BCUT2D eigenvalue weighted by atomic mass is 9.72. The molecule has 0 saturated heterocycles. The van der Waals surface area contributed by atoms with Crippen molar-refractivity contribution in [2.75, 3.05) is 0 Å². The molecule has 0 aromatic rings. The van der Waals surface area contributed by atoms with E-state index in [1.807, 2.05) is 0 Å². The second-order valence-corrected chi connectivity index (χ2v) is 5.75. The molecule has 1 rings (SSSR count). The van der Waals surface area contributed by atoms with Crippen LogP contribution in [-0.4, -0.2) is 39.5 Å². The smallest absolute Gasteiger partial charge is 0.408 e. The molecule has 0 heterocycles. The highest BCUT2D eigenvalue weighted by atomic mass is 16.6. The van der Waals surface area contributed by atoms with E-state index in [9.17, 15) is 14.7 Å².